The molecule has 0 aliphatic rings. The number of thiazole rings is 1. The molecule has 0 spiro atoms. The summed E-state index contributed by atoms with van der Waals surface area (Å²) in [5.41, 5.74) is 2.52. The van der Waals surface area contributed by atoms with Gasteiger partial charge in [0.25, 0.3) is 5.91 Å². The van der Waals surface area contributed by atoms with Gasteiger partial charge in [-0.25, -0.2) is 4.98 Å². The van der Waals surface area contributed by atoms with Crippen molar-refractivity contribution in [1.29, 1.82) is 0 Å². The lowest BCUT2D eigenvalue weighted by atomic mass is 10.1. The Morgan fingerprint density at radius 1 is 1.40 bits per heavy atom. The number of amides is 1. The first kappa shape index (κ1) is 14.7. The highest BCUT2D eigenvalue weighted by atomic mass is 32.1. The fourth-order valence-electron chi connectivity index (χ4n) is 1.75. The maximum absolute atomic E-state index is 11.9. The van der Waals surface area contributed by atoms with Gasteiger partial charge in [0.15, 0.2) is 0 Å². The van der Waals surface area contributed by atoms with Crippen molar-refractivity contribution in [3.63, 3.8) is 0 Å². The SMILES string of the molecule is CC[C@@H](O)CNC(=O)c1ccc(-c2csc(C)n2)cc1. The van der Waals surface area contributed by atoms with Crippen molar-refractivity contribution in [3.8, 4) is 11.3 Å². The summed E-state index contributed by atoms with van der Waals surface area (Å²) < 4.78 is 0. The highest BCUT2D eigenvalue weighted by Gasteiger charge is 2.08. The summed E-state index contributed by atoms with van der Waals surface area (Å²) in [6.45, 7) is 4.12. The first-order valence-corrected chi connectivity index (χ1v) is 7.47. The van der Waals surface area contributed by atoms with Crippen LogP contribution in [-0.4, -0.2) is 28.6 Å². The Morgan fingerprint density at radius 3 is 2.65 bits per heavy atom. The molecule has 0 saturated heterocycles. The fourth-order valence-corrected chi connectivity index (χ4v) is 2.37. The number of benzene rings is 1. The van der Waals surface area contributed by atoms with Crippen LogP contribution in [0.1, 0.15) is 28.7 Å². The molecule has 0 unspecified atom stereocenters. The number of rotatable bonds is 5. The topological polar surface area (TPSA) is 62.2 Å². The van der Waals surface area contributed by atoms with Crippen LogP contribution in [-0.2, 0) is 0 Å². The summed E-state index contributed by atoms with van der Waals surface area (Å²) in [6, 6.07) is 7.33. The van der Waals surface area contributed by atoms with Gasteiger partial charge in [0.2, 0.25) is 0 Å². The number of nitrogens with one attached hydrogen (secondary N) is 1. The van der Waals surface area contributed by atoms with E-state index in [-0.39, 0.29) is 12.5 Å². The average Bonchev–Trinajstić information content (AvgIpc) is 2.91. The first-order valence-electron chi connectivity index (χ1n) is 6.59. The largest absolute Gasteiger partial charge is 0.391 e. The predicted octanol–water partition coefficient (Wildman–Crippen LogP) is 2.62. The number of aliphatic hydroxyl groups is 1. The van der Waals surface area contributed by atoms with E-state index in [9.17, 15) is 9.90 Å². The normalized spacial score (nSPS) is 12.2. The summed E-state index contributed by atoms with van der Waals surface area (Å²) in [6.07, 6.45) is 0.138. The van der Waals surface area contributed by atoms with Crippen LogP contribution < -0.4 is 5.32 Å². The lowest BCUT2D eigenvalue weighted by Gasteiger charge is -2.09. The van der Waals surface area contributed by atoms with E-state index in [0.717, 1.165) is 16.3 Å². The van der Waals surface area contributed by atoms with E-state index in [1.54, 1.807) is 23.5 Å². The summed E-state index contributed by atoms with van der Waals surface area (Å²) in [4.78, 5) is 16.3. The summed E-state index contributed by atoms with van der Waals surface area (Å²) >= 11 is 1.61. The maximum atomic E-state index is 11.9. The van der Waals surface area contributed by atoms with Gasteiger partial charge in [-0.3, -0.25) is 4.79 Å². The molecule has 2 aromatic rings. The average molecular weight is 290 g/mol. The summed E-state index contributed by atoms with van der Waals surface area (Å²) in [5, 5.41) is 15.2. The van der Waals surface area contributed by atoms with Crippen LogP contribution in [0.15, 0.2) is 29.6 Å². The molecule has 1 atom stereocenters. The quantitative estimate of drug-likeness (QED) is 0.890. The molecule has 1 aromatic heterocycles. The molecule has 20 heavy (non-hydrogen) atoms. The van der Waals surface area contributed by atoms with Gasteiger partial charge in [-0.1, -0.05) is 19.1 Å². The minimum absolute atomic E-state index is 0.168. The Labute approximate surface area is 122 Å². The number of nitrogens with zero attached hydrogens (tertiary/aromatic N) is 1. The van der Waals surface area contributed by atoms with Gasteiger partial charge in [0.05, 0.1) is 16.8 Å². The molecule has 0 aliphatic heterocycles. The van der Waals surface area contributed by atoms with E-state index in [1.165, 1.54) is 0 Å². The Hall–Kier alpha value is -1.72. The first-order chi connectivity index (χ1) is 9.60. The number of carbonyl (C=O) groups is 1. The zero-order valence-corrected chi connectivity index (χ0v) is 12.4. The number of aryl methyl sites for hydroxylation is 1. The van der Waals surface area contributed by atoms with Gasteiger partial charge in [-0.2, -0.15) is 0 Å². The lowest BCUT2D eigenvalue weighted by Crippen LogP contribution is -2.31. The molecular formula is C15H18N2O2S. The van der Waals surface area contributed by atoms with Gasteiger partial charge in [0.1, 0.15) is 0 Å². The van der Waals surface area contributed by atoms with E-state index in [4.69, 9.17) is 0 Å². The van der Waals surface area contributed by atoms with E-state index in [2.05, 4.69) is 10.3 Å². The van der Waals surface area contributed by atoms with Crippen molar-refractivity contribution in [3.05, 3.63) is 40.2 Å². The van der Waals surface area contributed by atoms with Crippen molar-refractivity contribution in [2.24, 2.45) is 0 Å². The Morgan fingerprint density at radius 2 is 2.10 bits per heavy atom. The smallest absolute Gasteiger partial charge is 0.251 e. The molecule has 1 aromatic carbocycles. The molecule has 2 N–H and O–H groups in total. The number of hydrogen-bond donors (Lipinski definition) is 2. The molecule has 1 heterocycles. The molecular weight excluding hydrogens is 272 g/mol. The second-order valence-electron chi connectivity index (χ2n) is 4.60. The van der Waals surface area contributed by atoms with Crippen LogP contribution in [0.25, 0.3) is 11.3 Å². The third-order valence-corrected chi connectivity index (χ3v) is 3.80. The van der Waals surface area contributed by atoms with Crippen LogP contribution in [0.2, 0.25) is 0 Å². The van der Waals surface area contributed by atoms with Gasteiger partial charge < -0.3 is 10.4 Å². The predicted molar refractivity (Wildman–Crippen MR) is 80.9 cm³/mol. The molecule has 5 heteroatoms. The van der Waals surface area contributed by atoms with Crippen molar-refractivity contribution in [2.75, 3.05) is 6.54 Å². The standard InChI is InChI=1S/C15H18N2O2S/c1-3-13(18)8-16-15(19)12-6-4-11(5-7-12)14-9-20-10(2)17-14/h4-7,9,13,18H,3,8H2,1-2H3,(H,16,19)/t13-/m1/s1. The molecule has 0 aliphatic carbocycles. The van der Waals surface area contributed by atoms with Crippen LogP contribution in [0.4, 0.5) is 0 Å². The second-order valence-corrected chi connectivity index (χ2v) is 5.66. The van der Waals surface area contributed by atoms with E-state index in [1.807, 2.05) is 31.4 Å². The summed E-state index contributed by atoms with van der Waals surface area (Å²) in [7, 11) is 0. The van der Waals surface area contributed by atoms with Crippen molar-refractivity contribution >= 4 is 17.2 Å². The molecule has 0 bridgehead atoms. The van der Waals surface area contributed by atoms with Gasteiger partial charge in [0, 0.05) is 23.1 Å². The Bertz CT molecular complexity index is 578. The molecule has 0 fully saturated rings. The lowest BCUT2D eigenvalue weighted by molar-refractivity contribution is 0.0914. The van der Waals surface area contributed by atoms with Crippen LogP contribution >= 0.6 is 11.3 Å². The van der Waals surface area contributed by atoms with Crippen LogP contribution in [0.3, 0.4) is 0 Å². The third kappa shape index (κ3) is 3.65. The van der Waals surface area contributed by atoms with Gasteiger partial charge >= 0.3 is 0 Å². The minimum Gasteiger partial charge on any atom is -0.391 e. The second kappa shape index (κ2) is 6.63. The molecule has 4 nitrogen and oxygen atoms in total. The molecule has 106 valence electrons. The van der Waals surface area contributed by atoms with Crippen LogP contribution in [0.5, 0.6) is 0 Å². The molecule has 0 radical (unpaired) electrons. The van der Waals surface area contributed by atoms with Gasteiger partial charge in [-0.05, 0) is 25.5 Å². The monoisotopic (exact) mass is 290 g/mol. The Balaban J connectivity index is 2.02. The van der Waals surface area contributed by atoms with Crippen molar-refractivity contribution in [2.45, 2.75) is 26.4 Å². The third-order valence-electron chi connectivity index (χ3n) is 3.03. The number of carbonyl (C=O) groups excluding carboxylic acids is 1. The van der Waals surface area contributed by atoms with Crippen molar-refractivity contribution in [1.82, 2.24) is 10.3 Å². The van der Waals surface area contributed by atoms with Crippen molar-refractivity contribution < 1.29 is 9.90 Å². The van der Waals surface area contributed by atoms with Crippen LogP contribution in [0, 0.1) is 6.92 Å². The van der Waals surface area contributed by atoms with E-state index < -0.39 is 6.10 Å². The highest BCUT2D eigenvalue weighted by Crippen LogP contribution is 2.21. The number of hydrogen-bond acceptors (Lipinski definition) is 4. The molecule has 2 rings (SSSR count). The zero-order valence-electron chi connectivity index (χ0n) is 11.6. The highest BCUT2D eigenvalue weighted by molar-refractivity contribution is 7.09. The number of aliphatic hydroxyl groups excluding tert-OH is 1. The van der Waals surface area contributed by atoms with E-state index >= 15 is 0 Å². The summed E-state index contributed by atoms with van der Waals surface area (Å²) in [5.74, 6) is -0.168. The van der Waals surface area contributed by atoms with E-state index in [0.29, 0.717) is 12.0 Å². The fraction of sp³-hybridized carbons (Fsp3) is 0.333. The maximum Gasteiger partial charge on any atom is 0.251 e. The zero-order chi connectivity index (χ0) is 14.5. The minimum atomic E-state index is -0.490. The molecule has 1 amide bonds. The molecule has 0 saturated carbocycles. The Kier molecular flexibility index (Phi) is 4.87. The number of aromatic nitrogens is 1. The van der Waals surface area contributed by atoms with Gasteiger partial charge in [-0.15, -0.1) is 11.3 Å².